The normalized spacial score (nSPS) is 18.5. The first kappa shape index (κ1) is 16.1. The molecule has 6 nitrogen and oxygen atoms in total. The number of carbonyl (C=O) groups is 2. The summed E-state index contributed by atoms with van der Waals surface area (Å²) in [5.74, 6) is -1.52. The molecule has 1 amide bonds. The Morgan fingerprint density at radius 3 is 2.50 bits per heavy atom. The third kappa shape index (κ3) is 2.99. The number of aromatic carboxylic acids is 1. The molecule has 24 heavy (non-hydrogen) atoms. The van der Waals surface area contributed by atoms with Crippen molar-refractivity contribution in [3.8, 4) is 0 Å². The second-order valence-corrected chi connectivity index (χ2v) is 6.69. The van der Waals surface area contributed by atoms with E-state index >= 15 is 0 Å². The Morgan fingerprint density at radius 2 is 1.83 bits per heavy atom. The third-order valence-electron chi connectivity index (χ3n) is 4.57. The lowest BCUT2D eigenvalue weighted by atomic mass is 9.70. The maximum atomic E-state index is 12.5. The largest absolute Gasteiger partial charge is 0.476 e. The first-order valence-corrected chi connectivity index (χ1v) is 7.82. The smallest absolute Gasteiger partial charge is 0.356 e. The van der Waals surface area contributed by atoms with E-state index in [1.165, 1.54) is 11.8 Å². The van der Waals surface area contributed by atoms with Crippen LogP contribution in [0.15, 0.2) is 36.7 Å². The molecule has 124 valence electrons. The average Bonchev–Trinajstić information content (AvgIpc) is 2.57. The van der Waals surface area contributed by atoms with Crippen molar-refractivity contribution in [3.63, 3.8) is 0 Å². The van der Waals surface area contributed by atoms with E-state index in [2.05, 4.69) is 35.2 Å². The van der Waals surface area contributed by atoms with Gasteiger partial charge in [-0.2, -0.15) is 0 Å². The van der Waals surface area contributed by atoms with Gasteiger partial charge in [0.25, 0.3) is 5.91 Å². The molecule has 0 saturated carbocycles. The lowest BCUT2D eigenvalue weighted by Crippen LogP contribution is -2.41. The number of rotatable bonds is 3. The van der Waals surface area contributed by atoms with Crippen molar-refractivity contribution in [1.29, 1.82) is 0 Å². The van der Waals surface area contributed by atoms with Gasteiger partial charge in [-0.1, -0.05) is 38.1 Å². The third-order valence-corrected chi connectivity index (χ3v) is 4.57. The molecule has 2 N–H and O–H groups in total. The van der Waals surface area contributed by atoms with E-state index in [0.29, 0.717) is 0 Å². The van der Waals surface area contributed by atoms with Crippen LogP contribution in [0.4, 0.5) is 0 Å². The van der Waals surface area contributed by atoms with Crippen molar-refractivity contribution in [1.82, 2.24) is 15.3 Å². The van der Waals surface area contributed by atoms with Crippen LogP contribution in [-0.2, 0) is 6.42 Å². The quantitative estimate of drug-likeness (QED) is 0.905. The number of benzene rings is 1. The molecule has 1 unspecified atom stereocenters. The van der Waals surface area contributed by atoms with E-state index < -0.39 is 5.97 Å². The second kappa shape index (κ2) is 6.03. The highest BCUT2D eigenvalue weighted by Crippen LogP contribution is 2.43. The van der Waals surface area contributed by atoms with Gasteiger partial charge >= 0.3 is 5.97 Å². The number of hydrogen-bond acceptors (Lipinski definition) is 4. The van der Waals surface area contributed by atoms with Gasteiger partial charge in [-0.3, -0.25) is 4.79 Å². The minimum Gasteiger partial charge on any atom is -0.476 e. The molecule has 1 aromatic carbocycles. The summed E-state index contributed by atoms with van der Waals surface area (Å²) in [5, 5.41) is 11.9. The van der Waals surface area contributed by atoms with Gasteiger partial charge in [-0.25, -0.2) is 14.8 Å². The number of amides is 1. The van der Waals surface area contributed by atoms with Crippen LogP contribution in [-0.4, -0.2) is 27.0 Å². The SMILES string of the molecule is CC1(C)CCc2ccccc2C1NC(=O)c1cnc(C(=O)O)cn1. The fraction of sp³-hybridized carbons (Fsp3) is 0.333. The highest BCUT2D eigenvalue weighted by molar-refractivity contribution is 5.93. The Labute approximate surface area is 140 Å². The number of aromatic nitrogens is 2. The van der Waals surface area contributed by atoms with E-state index in [1.54, 1.807) is 0 Å². The molecule has 0 radical (unpaired) electrons. The van der Waals surface area contributed by atoms with Crippen molar-refractivity contribution in [2.24, 2.45) is 5.41 Å². The molecule has 2 aromatic rings. The van der Waals surface area contributed by atoms with Crippen molar-refractivity contribution in [3.05, 3.63) is 59.2 Å². The fourth-order valence-corrected chi connectivity index (χ4v) is 3.10. The summed E-state index contributed by atoms with van der Waals surface area (Å²) in [5.41, 5.74) is 2.21. The Bertz CT molecular complexity index is 784. The first-order valence-electron chi connectivity index (χ1n) is 7.82. The Morgan fingerprint density at radius 1 is 1.17 bits per heavy atom. The zero-order chi connectivity index (χ0) is 17.3. The Kier molecular flexibility index (Phi) is 4.05. The molecule has 0 fully saturated rings. The lowest BCUT2D eigenvalue weighted by Gasteiger charge is -2.40. The minimum atomic E-state index is -1.17. The van der Waals surface area contributed by atoms with Crippen LogP contribution in [0.1, 0.15) is 58.4 Å². The summed E-state index contributed by atoms with van der Waals surface area (Å²) >= 11 is 0. The van der Waals surface area contributed by atoms with Crippen molar-refractivity contribution in [2.75, 3.05) is 0 Å². The molecule has 1 heterocycles. The summed E-state index contributed by atoms with van der Waals surface area (Å²) < 4.78 is 0. The van der Waals surface area contributed by atoms with Gasteiger partial charge in [0.15, 0.2) is 5.69 Å². The van der Waals surface area contributed by atoms with Crippen molar-refractivity contribution >= 4 is 11.9 Å². The van der Waals surface area contributed by atoms with Crippen molar-refractivity contribution < 1.29 is 14.7 Å². The predicted molar refractivity (Wildman–Crippen MR) is 87.7 cm³/mol. The summed E-state index contributed by atoms with van der Waals surface area (Å²) in [6.07, 6.45) is 4.25. The molecular formula is C18H19N3O3. The van der Waals surface area contributed by atoms with Gasteiger partial charge < -0.3 is 10.4 Å². The average molecular weight is 325 g/mol. The molecular weight excluding hydrogens is 306 g/mol. The number of nitrogens with zero attached hydrogens (tertiary/aromatic N) is 2. The highest BCUT2D eigenvalue weighted by Gasteiger charge is 2.37. The van der Waals surface area contributed by atoms with Gasteiger partial charge in [-0.05, 0) is 29.4 Å². The van der Waals surface area contributed by atoms with E-state index in [1.807, 2.05) is 18.2 Å². The monoisotopic (exact) mass is 325 g/mol. The number of aryl methyl sites for hydroxylation is 1. The predicted octanol–water partition coefficient (Wildman–Crippen LogP) is 2.62. The zero-order valence-corrected chi connectivity index (χ0v) is 13.6. The maximum Gasteiger partial charge on any atom is 0.356 e. The lowest BCUT2D eigenvalue weighted by molar-refractivity contribution is 0.0688. The summed E-state index contributed by atoms with van der Waals surface area (Å²) in [6, 6.07) is 7.98. The van der Waals surface area contributed by atoms with Crippen LogP contribution < -0.4 is 5.32 Å². The van der Waals surface area contributed by atoms with E-state index in [-0.39, 0.29) is 28.8 Å². The molecule has 0 bridgehead atoms. The van der Waals surface area contributed by atoms with Crippen molar-refractivity contribution in [2.45, 2.75) is 32.7 Å². The molecule has 1 aliphatic carbocycles. The molecule has 3 rings (SSSR count). The Hall–Kier alpha value is -2.76. The van der Waals surface area contributed by atoms with E-state index in [9.17, 15) is 9.59 Å². The van der Waals surface area contributed by atoms with E-state index in [0.717, 1.165) is 24.6 Å². The van der Waals surface area contributed by atoms with Gasteiger partial charge in [0, 0.05) is 0 Å². The van der Waals surface area contributed by atoms with Gasteiger partial charge in [-0.15, -0.1) is 0 Å². The molecule has 0 spiro atoms. The number of carboxylic acid groups (broad SMARTS) is 1. The van der Waals surface area contributed by atoms with Crippen LogP contribution in [0.25, 0.3) is 0 Å². The van der Waals surface area contributed by atoms with Gasteiger partial charge in [0.05, 0.1) is 18.4 Å². The highest BCUT2D eigenvalue weighted by atomic mass is 16.4. The molecule has 0 saturated heterocycles. The van der Waals surface area contributed by atoms with Gasteiger partial charge in [0.1, 0.15) is 5.69 Å². The fourth-order valence-electron chi connectivity index (χ4n) is 3.10. The first-order chi connectivity index (χ1) is 11.4. The standard InChI is InChI=1S/C18H19N3O3/c1-18(2)8-7-11-5-3-4-6-12(11)15(18)21-16(22)13-9-20-14(10-19-13)17(23)24/h3-6,9-10,15H,7-8H2,1-2H3,(H,21,22)(H,23,24). The number of fused-ring (bicyclic) bond motifs is 1. The number of hydrogen-bond donors (Lipinski definition) is 2. The van der Waals surface area contributed by atoms with Crippen LogP contribution in [0.2, 0.25) is 0 Å². The molecule has 0 aliphatic heterocycles. The van der Waals surface area contributed by atoms with Crippen LogP contribution >= 0.6 is 0 Å². The number of nitrogens with one attached hydrogen (secondary N) is 1. The molecule has 1 atom stereocenters. The molecule has 6 heteroatoms. The van der Waals surface area contributed by atoms with Gasteiger partial charge in [0.2, 0.25) is 0 Å². The minimum absolute atomic E-state index is 0.0849. The van der Waals surface area contributed by atoms with Crippen LogP contribution in [0.5, 0.6) is 0 Å². The summed E-state index contributed by atoms with van der Waals surface area (Å²) in [4.78, 5) is 31.0. The second-order valence-electron chi connectivity index (χ2n) is 6.69. The Balaban J connectivity index is 1.86. The zero-order valence-electron chi connectivity index (χ0n) is 13.6. The maximum absolute atomic E-state index is 12.5. The molecule has 1 aromatic heterocycles. The summed E-state index contributed by atoms with van der Waals surface area (Å²) in [6.45, 7) is 4.26. The number of carboxylic acids is 1. The van der Waals surface area contributed by atoms with Crippen LogP contribution in [0, 0.1) is 5.41 Å². The van der Waals surface area contributed by atoms with E-state index in [4.69, 9.17) is 5.11 Å². The number of carbonyl (C=O) groups excluding carboxylic acids is 1. The topological polar surface area (TPSA) is 92.2 Å². The van der Waals surface area contributed by atoms with Crippen LogP contribution in [0.3, 0.4) is 0 Å². The summed E-state index contributed by atoms with van der Waals surface area (Å²) in [7, 11) is 0. The molecule has 1 aliphatic rings.